The van der Waals surface area contributed by atoms with Crippen LogP contribution in [0.25, 0.3) is 0 Å². The van der Waals surface area contributed by atoms with Crippen molar-refractivity contribution in [3.63, 3.8) is 0 Å². The summed E-state index contributed by atoms with van der Waals surface area (Å²) in [5.41, 5.74) is 0.924. The summed E-state index contributed by atoms with van der Waals surface area (Å²) in [7, 11) is -2.39. The predicted molar refractivity (Wildman–Crippen MR) is 111 cm³/mol. The third-order valence-electron chi connectivity index (χ3n) is 4.01. The second-order valence-corrected chi connectivity index (χ2v) is 8.61. The predicted octanol–water partition coefficient (Wildman–Crippen LogP) is 3.87. The summed E-state index contributed by atoms with van der Waals surface area (Å²) in [5, 5.41) is 2.80. The Labute approximate surface area is 173 Å². The molecule has 0 unspecified atom stereocenters. The van der Waals surface area contributed by atoms with Gasteiger partial charge >= 0.3 is 5.97 Å². The Kier molecular flexibility index (Phi) is 6.50. The van der Waals surface area contributed by atoms with Gasteiger partial charge in [-0.25, -0.2) is 18.2 Å². The zero-order chi connectivity index (χ0) is 20.9. The van der Waals surface area contributed by atoms with Gasteiger partial charge in [-0.1, -0.05) is 19.1 Å². The molecule has 0 saturated heterocycles. The summed E-state index contributed by atoms with van der Waals surface area (Å²) in [6.45, 7) is 2.02. The normalized spacial score (nSPS) is 11.1. The van der Waals surface area contributed by atoms with Crippen molar-refractivity contribution in [1.29, 1.82) is 0 Å². The number of aryl methyl sites for hydroxylation is 1. The maximum absolute atomic E-state index is 12.7. The summed E-state index contributed by atoms with van der Waals surface area (Å²) < 4.78 is 38.2. The van der Waals surface area contributed by atoms with Crippen molar-refractivity contribution in [2.45, 2.75) is 24.8 Å². The molecule has 3 rings (SSSR count). The molecular formula is C20H20N2O5S2. The van der Waals surface area contributed by atoms with Gasteiger partial charge in [0.1, 0.15) is 12.4 Å². The fourth-order valence-electron chi connectivity index (χ4n) is 2.50. The summed E-state index contributed by atoms with van der Waals surface area (Å²) in [6, 6.07) is 12.2. The second-order valence-electron chi connectivity index (χ2n) is 5.99. The van der Waals surface area contributed by atoms with Crippen molar-refractivity contribution >= 4 is 33.0 Å². The van der Waals surface area contributed by atoms with Gasteiger partial charge in [0.25, 0.3) is 10.0 Å². The van der Waals surface area contributed by atoms with Gasteiger partial charge in [0.05, 0.1) is 34.0 Å². The van der Waals surface area contributed by atoms with Crippen LogP contribution >= 0.6 is 11.3 Å². The van der Waals surface area contributed by atoms with E-state index in [1.165, 1.54) is 42.7 Å². The van der Waals surface area contributed by atoms with Crippen molar-refractivity contribution in [1.82, 2.24) is 4.98 Å². The second kappa shape index (κ2) is 9.06. The van der Waals surface area contributed by atoms with Gasteiger partial charge in [-0.2, -0.15) is 0 Å². The molecule has 1 N–H and O–H groups in total. The highest BCUT2D eigenvalue weighted by Crippen LogP contribution is 2.23. The van der Waals surface area contributed by atoms with Gasteiger partial charge in [-0.15, -0.1) is 11.3 Å². The van der Waals surface area contributed by atoms with Crippen LogP contribution in [-0.2, 0) is 27.8 Å². The molecule has 0 spiro atoms. The zero-order valence-electron chi connectivity index (χ0n) is 15.9. The number of methoxy groups -OCH3 is 1. The van der Waals surface area contributed by atoms with E-state index in [0.717, 1.165) is 11.4 Å². The number of para-hydroxylation sites is 1. The highest BCUT2D eigenvalue weighted by molar-refractivity contribution is 7.92. The Morgan fingerprint density at radius 3 is 2.52 bits per heavy atom. The smallest absolute Gasteiger partial charge is 0.340 e. The average molecular weight is 433 g/mol. The van der Waals surface area contributed by atoms with Crippen LogP contribution in [-0.4, -0.2) is 26.5 Å². The largest absolute Gasteiger partial charge is 0.497 e. The minimum Gasteiger partial charge on any atom is -0.497 e. The lowest BCUT2D eigenvalue weighted by Crippen LogP contribution is -2.16. The van der Waals surface area contributed by atoms with Gasteiger partial charge in [0, 0.05) is 5.38 Å². The molecule has 3 aromatic rings. The molecule has 0 amide bonds. The average Bonchev–Trinajstić information content (AvgIpc) is 3.20. The summed E-state index contributed by atoms with van der Waals surface area (Å²) in [6.07, 6.45) is 0.814. The molecule has 7 nitrogen and oxygen atoms in total. The first-order valence-corrected chi connectivity index (χ1v) is 11.2. The Hall–Kier alpha value is -2.91. The van der Waals surface area contributed by atoms with Crippen LogP contribution in [0.2, 0.25) is 0 Å². The fraction of sp³-hybridized carbons (Fsp3) is 0.200. The summed E-state index contributed by atoms with van der Waals surface area (Å²) in [4.78, 5) is 16.9. The van der Waals surface area contributed by atoms with E-state index in [1.54, 1.807) is 24.3 Å². The molecule has 0 radical (unpaired) electrons. The van der Waals surface area contributed by atoms with Crippen LogP contribution in [0.1, 0.15) is 28.0 Å². The van der Waals surface area contributed by atoms with Crippen LogP contribution < -0.4 is 9.46 Å². The SMILES string of the molecule is CCc1nc(COC(=O)c2ccccc2NS(=O)(=O)c2ccc(OC)cc2)cs1. The minimum atomic E-state index is -3.89. The number of carbonyl (C=O) groups excluding carboxylic acids is 1. The number of nitrogens with one attached hydrogen (secondary N) is 1. The molecule has 0 atom stereocenters. The number of hydrogen-bond acceptors (Lipinski definition) is 7. The van der Waals surface area contributed by atoms with Crippen molar-refractivity contribution in [3.8, 4) is 5.75 Å². The Bertz CT molecular complexity index is 1090. The first kappa shape index (κ1) is 20.8. The van der Waals surface area contributed by atoms with E-state index in [1.807, 2.05) is 12.3 Å². The first-order chi connectivity index (χ1) is 13.9. The molecule has 0 aliphatic rings. The summed E-state index contributed by atoms with van der Waals surface area (Å²) in [5.74, 6) is -0.0923. The Balaban J connectivity index is 1.75. The molecule has 0 aliphatic heterocycles. The quantitative estimate of drug-likeness (QED) is 0.543. The summed E-state index contributed by atoms with van der Waals surface area (Å²) >= 11 is 1.51. The number of thiazole rings is 1. The van der Waals surface area contributed by atoms with Gasteiger partial charge < -0.3 is 9.47 Å². The molecule has 0 fully saturated rings. The standard InChI is InChI=1S/C20H20N2O5S2/c1-3-19-21-14(13-28-19)12-27-20(23)17-6-4-5-7-18(17)22-29(24,25)16-10-8-15(26-2)9-11-16/h4-11,13,22H,3,12H2,1-2H3. The molecular weight excluding hydrogens is 412 g/mol. The number of benzene rings is 2. The number of aromatic nitrogens is 1. The Morgan fingerprint density at radius 1 is 1.14 bits per heavy atom. The lowest BCUT2D eigenvalue weighted by Gasteiger charge is -2.12. The minimum absolute atomic E-state index is 0.0227. The molecule has 0 bridgehead atoms. The highest BCUT2D eigenvalue weighted by Gasteiger charge is 2.19. The van der Waals surface area contributed by atoms with Crippen molar-refractivity contribution in [2.24, 2.45) is 0 Å². The molecule has 9 heteroatoms. The number of rotatable bonds is 8. The maximum Gasteiger partial charge on any atom is 0.340 e. The monoisotopic (exact) mass is 432 g/mol. The van der Waals surface area contributed by atoms with Crippen molar-refractivity contribution < 1.29 is 22.7 Å². The van der Waals surface area contributed by atoms with E-state index < -0.39 is 16.0 Å². The van der Waals surface area contributed by atoms with Crippen molar-refractivity contribution in [3.05, 3.63) is 70.2 Å². The molecule has 0 saturated carbocycles. The highest BCUT2D eigenvalue weighted by atomic mass is 32.2. The molecule has 2 aromatic carbocycles. The van der Waals surface area contributed by atoms with Gasteiger partial charge in [-0.3, -0.25) is 4.72 Å². The number of esters is 1. The van der Waals surface area contributed by atoms with Gasteiger partial charge in [0.15, 0.2) is 0 Å². The third kappa shape index (κ3) is 5.12. The Morgan fingerprint density at radius 2 is 1.86 bits per heavy atom. The number of ether oxygens (including phenoxy) is 2. The molecule has 1 aromatic heterocycles. The van der Waals surface area contributed by atoms with E-state index in [9.17, 15) is 13.2 Å². The van der Waals surface area contributed by atoms with Crippen LogP contribution in [0.5, 0.6) is 5.75 Å². The molecule has 29 heavy (non-hydrogen) atoms. The first-order valence-electron chi connectivity index (χ1n) is 8.79. The lowest BCUT2D eigenvalue weighted by molar-refractivity contribution is 0.0469. The molecule has 152 valence electrons. The third-order valence-corrected chi connectivity index (χ3v) is 6.44. The van der Waals surface area contributed by atoms with Gasteiger partial charge in [-0.05, 0) is 42.8 Å². The maximum atomic E-state index is 12.7. The van der Waals surface area contributed by atoms with E-state index in [-0.39, 0.29) is 22.8 Å². The van der Waals surface area contributed by atoms with Crippen LogP contribution in [0.4, 0.5) is 5.69 Å². The van der Waals surface area contributed by atoms with E-state index in [2.05, 4.69) is 9.71 Å². The lowest BCUT2D eigenvalue weighted by atomic mass is 10.2. The number of carbonyl (C=O) groups is 1. The number of nitrogens with zero attached hydrogens (tertiary/aromatic N) is 1. The van der Waals surface area contributed by atoms with Crippen LogP contribution in [0, 0.1) is 0 Å². The van der Waals surface area contributed by atoms with Crippen LogP contribution in [0.15, 0.2) is 58.8 Å². The molecule has 0 aliphatic carbocycles. The zero-order valence-corrected chi connectivity index (χ0v) is 17.5. The number of hydrogen-bond donors (Lipinski definition) is 1. The van der Waals surface area contributed by atoms with Crippen molar-refractivity contribution in [2.75, 3.05) is 11.8 Å². The van der Waals surface area contributed by atoms with E-state index >= 15 is 0 Å². The van der Waals surface area contributed by atoms with E-state index in [0.29, 0.717) is 11.4 Å². The van der Waals surface area contributed by atoms with E-state index in [4.69, 9.17) is 9.47 Å². The van der Waals surface area contributed by atoms with Gasteiger partial charge in [0.2, 0.25) is 0 Å². The van der Waals surface area contributed by atoms with Crippen LogP contribution in [0.3, 0.4) is 0 Å². The number of anilines is 1. The molecule has 1 heterocycles. The fourth-order valence-corrected chi connectivity index (χ4v) is 4.31. The number of sulfonamides is 1. The topological polar surface area (TPSA) is 94.6 Å².